The number of thioether (sulfide) groups is 1. The topological polar surface area (TPSA) is 68.1 Å². The van der Waals surface area contributed by atoms with Crippen molar-refractivity contribution < 1.29 is 4.92 Å². The quantitative estimate of drug-likeness (QED) is 0.514. The van der Waals surface area contributed by atoms with E-state index in [0.29, 0.717) is 5.82 Å². The molecule has 6 heteroatoms. The maximum atomic E-state index is 11.1. The number of pyridine rings is 1. The summed E-state index contributed by atoms with van der Waals surface area (Å²) in [6, 6.07) is 12.8. The zero-order valence-corrected chi connectivity index (χ0v) is 12.1. The number of nitro groups is 1. The number of nitrogens with zero attached hydrogens (tertiary/aromatic N) is 2. The monoisotopic (exact) mass is 289 g/mol. The largest absolute Gasteiger partial charge is 0.358 e. The summed E-state index contributed by atoms with van der Waals surface area (Å²) in [5.41, 5.74) is 1.05. The van der Waals surface area contributed by atoms with Gasteiger partial charge < -0.3 is 5.32 Å². The van der Waals surface area contributed by atoms with Gasteiger partial charge >= 0.3 is 5.69 Å². The molecule has 2 rings (SSSR count). The van der Waals surface area contributed by atoms with E-state index in [1.165, 1.54) is 17.8 Å². The third kappa shape index (κ3) is 3.27. The summed E-state index contributed by atoms with van der Waals surface area (Å²) >= 11 is 1.45. The van der Waals surface area contributed by atoms with Gasteiger partial charge in [0.1, 0.15) is 0 Å². The van der Waals surface area contributed by atoms with E-state index in [0.717, 1.165) is 10.6 Å². The zero-order valence-electron chi connectivity index (χ0n) is 11.2. The van der Waals surface area contributed by atoms with Gasteiger partial charge in [0.15, 0.2) is 0 Å². The van der Waals surface area contributed by atoms with Gasteiger partial charge in [0.25, 0.3) is 0 Å². The highest BCUT2D eigenvalue weighted by molar-refractivity contribution is 7.98. The summed E-state index contributed by atoms with van der Waals surface area (Å²) in [7, 11) is 0. The third-order valence-electron chi connectivity index (χ3n) is 2.91. The van der Waals surface area contributed by atoms with Crippen molar-refractivity contribution in [2.75, 3.05) is 11.6 Å². The minimum Gasteiger partial charge on any atom is -0.358 e. The van der Waals surface area contributed by atoms with Crippen molar-refractivity contribution in [3.05, 3.63) is 58.1 Å². The van der Waals surface area contributed by atoms with E-state index in [9.17, 15) is 10.1 Å². The summed E-state index contributed by atoms with van der Waals surface area (Å²) in [6.45, 7) is 1.95. The first kappa shape index (κ1) is 14.3. The Morgan fingerprint density at radius 1 is 1.25 bits per heavy atom. The van der Waals surface area contributed by atoms with E-state index in [1.54, 1.807) is 6.07 Å². The molecule has 1 unspecified atom stereocenters. The van der Waals surface area contributed by atoms with Gasteiger partial charge in [0.05, 0.1) is 16.0 Å². The smallest absolute Gasteiger partial charge is 0.311 e. The number of benzene rings is 1. The molecule has 0 amide bonds. The van der Waals surface area contributed by atoms with Crippen LogP contribution in [0.5, 0.6) is 0 Å². The molecule has 0 saturated heterocycles. The molecule has 1 aromatic carbocycles. The van der Waals surface area contributed by atoms with Crippen LogP contribution in [0.2, 0.25) is 0 Å². The maximum Gasteiger partial charge on any atom is 0.311 e. The van der Waals surface area contributed by atoms with Crippen LogP contribution in [0.3, 0.4) is 0 Å². The Morgan fingerprint density at radius 3 is 2.55 bits per heavy atom. The van der Waals surface area contributed by atoms with Crippen LogP contribution in [-0.2, 0) is 0 Å². The second kappa shape index (κ2) is 6.38. The number of rotatable bonds is 5. The van der Waals surface area contributed by atoms with Gasteiger partial charge in [-0.05, 0) is 24.8 Å². The van der Waals surface area contributed by atoms with Gasteiger partial charge in [-0.2, -0.15) is 0 Å². The lowest BCUT2D eigenvalue weighted by Gasteiger charge is -2.15. The fourth-order valence-corrected chi connectivity index (χ4v) is 2.22. The summed E-state index contributed by atoms with van der Waals surface area (Å²) in [5, 5.41) is 14.9. The molecule has 0 bridgehead atoms. The lowest BCUT2D eigenvalue weighted by atomic mass is 10.1. The molecule has 0 saturated carbocycles. The summed E-state index contributed by atoms with van der Waals surface area (Å²) < 4.78 is 0. The fraction of sp³-hybridized carbons (Fsp3) is 0.214. The van der Waals surface area contributed by atoms with E-state index < -0.39 is 4.92 Å². The molecule has 0 radical (unpaired) electrons. The lowest BCUT2D eigenvalue weighted by Crippen LogP contribution is -2.10. The van der Waals surface area contributed by atoms with Crippen molar-refractivity contribution >= 4 is 23.3 Å². The molecule has 1 heterocycles. The van der Waals surface area contributed by atoms with Crippen LogP contribution in [0.25, 0.3) is 0 Å². The highest BCUT2D eigenvalue weighted by atomic mass is 32.2. The van der Waals surface area contributed by atoms with Crippen LogP contribution < -0.4 is 5.32 Å². The molecule has 0 spiro atoms. The Bertz CT molecular complexity index is 605. The third-order valence-corrected chi connectivity index (χ3v) is 3.55. The SMILES string of the molecule is CSc1ccc([N+](=O)[O-])c(NC(C)c2ccccc2)n1. The van der Waals surface area contributed by atoms with Crippen LogP contribution in [-0.4, -0.2) is 16.2 Å². The van der Waals surface area contributed by atoms with Gasteiger partial charge in [-0.15, -0.1) is 11.8 Å². The zero-order chi connectivity index (χ0) is 14.5. The highest BCUT2D eigenvalue weighted by Gasteiger charge is 2.18. The highest BCUT2D eigenvalue weighted by Crippen LogP contribution is 2.28. The minimum absolute atomic E-state index is 0.00872. The molecular weight excluding hydrogens is 274 g/mol. The van der Waals surface area contributed by atoms with Crippen molar-refractivity contribution in [3.63, 3.8) is 0 Å². The Hall–Kier alpha value is -2.08. The van der Waals surface area contributed by atoms with E-state index in [-0.39, 0.29) is 11.7 Å². The Labute approximate surface area is 121 Å². The lowest BCUT2D eigenvalue weighted by molar-refractivity contribution is -0.384. The first-order valence-electron chi connectivity index (χ1n) is 6.12. The minimum atomic E-state index is -0.419. The molecule has 0 aliphatic heterocycles. The van der Waals surface area contributed by atoms with Gasteiger partial charge in [0.2, 0.25) is 5.82 Å². The first-order valence-corrected chi connectivity index (χ1v) is 7.35. The molecule has 20 heavy (non-hydrogen) atoms. The molecular formula is C14H15N3O2S. The number of hydrogen-bond acceptors (Lipinski definition) is 5. The average molecular weight is 289 g/mol. The molecule has 1 aromatic heterocycles. The van der Waals surface area contributed by atoms with E-state index in [1.807, 2.05) is 43.5 Å². The van der Waals surface area contributed by atoms with Gasteiger partial charge in [-0.1, -0.05) is 30.3 Å². The molecule has 2 aromatic rings. The van der Waals surface area contributed by atoms with E-state index >= 15 is 0 Å². The molecule has 104 valence electrons. The molecule has 5 nitrogen and oxygen atoms in total. The second-order valence-corrected chi connectivity index (χ2v) is 5.08. The first-order chi connectivity index (χ1) is 9.61. The van der Waals surface area contributed by atoms with Gasteiger partial charge in [0, 0.05) is 6.07 Å². The summed E-state index contributed by atoms with van der Waals surface area (Å²) in [4.78, 5) is 14.9. The van der Waals surface area contributed by atoms with Crippen LogP contribution in [0.1, 0.15) is 18.5 Å². The standard InChI is InChI=1S/C14H15N3O2S/c1-10(11-6-4-3-5-7-11)15-14-12(17(18)19)8-9-13(16-14)20-2/h3-10H,1-2H3,(H,15,16). The summed E-state index contributed by atoms with van der Waals surface area (Å²) in [6.07, 6.45) is 1.89. The normalized spacial score (nSPS) is 11.9. The van der Waals surface area contributed by atoms with Crippen molar-refractivity contribution in [3.8, 4) is 0 Å². The Kier molecular flexibility index (Phi) is 4.57. The van der Waals surface area contributed by atoms with Gasteiger partial charge in [-0.25, -0.2) is 4.98 Å². The second-order valence-electron chi connectivity index (χ2n) is 4.26. The van der Waals surface area contributed by atoms with Crippen LogP contribution in [0.4, 0.5) is 11.5 Å². The molecule has 1 atom stereocenters. The fourth-order valence-electron chi connectivity index (χ4n) is 1.83. The van der Waals surface area contributed by atoms with E-state index in [2.05, 4.69) is 10.3 Å². The van der Waals surface area contributed by atoms with Gasteiger partial charge in [-0.3, -0.25) is 10.1 Å². The molecule has 0 aliphatic rings. The Balaban J connectivity index is 2.29. The van der Waals surface area contributed by atoms with Crippen molar-refractivity contribution in [1.29, 1.82) is 0 Å². The number of aromatic nitrogens is 1. The maximum absolute atomic E-state index is 11.1. The average Bonchev–Trinajstić information content (AvgIpc) is 2.47. The number of nitrogens with one attached hydrogen (secondary N) is 1. The van der Waals surface area contributed by atoms with Crippen LogP contribution in [0, 0.1) is 10.1 Å². The molecule has 0 aliphatic carbocycles. The van der Waals surface area contributed by atoms with E-state index in [4.69, 9.17) is 0 Å². The predicted molar refractivity (Wildman–Crippen MR) is 81.2 cm³/mol. The predicted octanol–water partition coefficient (Wildman–Crippen LogP) is 3.88. The summed E-state index contributed by atoms with van der Waals surface area (Å²) in [5.74, 6) is 0.304. The number of anilines is 1. The van der Waals surface area contributed by atoms with Crippen molar-refractivity contribution in [1.82, 2.24) is 4.98 Å². The molecule has 1 N–H and O–H groups in total. The number of hydrogen-bond donors (Lipinski definition) is 1. The van der Waals surface area contributed by atoms with Crippen LogP contribution >= 0.6 is 11.8 Å². The van der Waals surface area contributed by atoms with Crippen molar-refractivity contribution in [2.24, 2.45) is 0 Å². The van der Waals surface area contributed by atoms with Crippen molar-refractivity contribution in [2.45, 2.75) is 18.0 Å². The molecule has 0 fully saturated rings. The Morgan fingerprint density at radius 2 is 1.95 bits per heavy atom. The van der Waals surface area contributed by atoms with Crippen LogP contribution in [0.15, 0.2) is 47.5 Å².